The summed E-state index contributed by atoms with van der Waals surface area (Å²) in [6, 6.07) is 10.3. The smallest absolute Gasteiger partial charge is 0.339 e. The van der Waals surface area contributed by atoms with E-state index in [1.807, 2.05) is 25.1 Å². The number of esters is 1. The minimum atomic E-state index is -0.592. The number of para-hydroxylation sites is 1. The highest BCUT2D eigenvalue weighted by Crippen LogP contribution is 2.37. The lowest BCUT2D eigenvalue weighted by molar-refractivity contribution is -0.116. The van der Waals surface area contributed by atoms with E-state index in [0.717, 1.165) is 44.7 Å². The molecule has 3 aromatic rings. The fourth-order valence-corrected chi connectivity index (χ4v) is 4.78. The zero-order valence-corrected chi connectivity index (χ0v) is 21.3. The van der Waals surface area contributed by atoms with Crippen molar-refractivity contribution in [3.05, 3.63) is 72.7 Å². The first-order valence-electron chi connectivity index (χ1n) is 11.4. The van der Waals surface area contributed by atoms with Gasteiger partial charge in [0.15, 0.2) is 0 Å². The number of nitrogens with zero attached hydrogens (tertiary/aromatic N) is 2. The number of fused-ring (bicyclic) bond motifs is 1. The number of amides is 1. The Morgan fingerprint density at radius 2 is 2.06 bits per heavy atom. The number of hydrogen-bond donors (Lipinski definition) is 2. The average molecular weight is 526 g/mol. The summed E-state index contributed by atoms with van der Waals surface area (Å²) < 4.78 is 6.10. The molecule has 0 spiro atoms. The number of anilines is 1. The SMILES string of the molecule is CCCOC(=O)c1cc(NC(=O)Cn2c(O)c(C=C3C=Nc4c(CC)cccc43)sc2=O)ccc1Cl. The number of carbonyl (C=O) groups excluding carboxylic acids is 2. The van der Waals surface area contributed by atoms with Crippen LogP contribution in [0, 0.1) is 0 Å². The lowest BCUT2D eigenvalue weighted by Gasteiger charge is -2.10. The monoisotopic (exact) mass is 525 g/mol. The van der Waals surface area contributed by atoms with Gasteiger partial charge >= 0.3 is 10.8 Å². The number of thiazole rings is 1. The van der Waals surface area contributed by atoms with Crippen molar-refractivity contribution in [1.29, 1.82) is 0 Å². The van der Waals surface area contributed by atoms with Gasteiger partial charge in [-0.15, -0.1) is 0 Å². The fraction of sp³-hybridized carbons (Fsp3) is 0.231. The molecular formula is C26H24ClN3O5S. The molecule has 0 saturated carbocycles. The predicted octanol–water partition coefficient (Wildman–Crippen LogP) is 5.29. The molecule has 1 aromatic heterocycles. The van der Waals surface area contributed by atoms with Crippen LogP contribution in [0.4, 0.5) is 11.4 Å². The minimum Gasteiger partial charge on any atom is -0.493 e. The molecule has 1 aliphatic heterocycles. The molecule has 0 fully saturated rings. The van der Waals surface area contributed by atoms with E-state index in [-0.39, 0.29) is 23.1 Å². The maximum Gasteiger partial charge on any atom is 0.339 e. The Bertz CT molecular complexity index is 1450. The van der Waals surface area contributed by atoms with Crippen molar-refractivity contribution in [2.24, 2.45) is 4.99 Å². The first-order valence-corrected chi connectivity index (χ1v) is 12.6. The van der Waals surface area contributed by atoms with E-state index in [1.165, 1.54) is 18.2 Å². The van der Waals surface area contributed by atoms with Crippen molar-refractivity contribution in [3.63, 3.8) is 0 Å². The maximum atomic E-state index is 12.6. The van der Waals surface area contributed by atoms with Crippen molar-refractivity contribution >= 4 is 64.1 Å². The Balaban J connectivity index is 1.52. The van der Waals surface area contributed by atoms with Crippen molar-refractivity contribution in [2.45, 2.75) is 33.2 Å². The molecule has 0 aliphatic carbocycles. The number of halogens is 1. The molecule has 0 saturated heterocycles. The number of nitrogens with one attached hydrogen (secondary N) is 1. The first-order chi connectivity index (χ1) is 17.3. The number of hydrogen-bond acceptors (Lipinski definition) is 7. The molecule has 0 radical (unpaired) electrons. The third-order valence-corrected chi connectivity index (χ3v) is 6.78. The van der Waals surface area contributed by atoms with E-state index in [0.29, 0.717) is 17.0 Å². The Morgan fingerprint density at radius 3 is 2.81 bits per heavy atom. The molecule has 186 valence electrons. The third kappa shape index (κ3) is 5.27. The second kappa shape index (κ2) is 10.9. The fourth-order valence-electron chi connectivity index (χ4n) is 3.75. The summed E-state index contributed by atoms with van der Waals surface area (Å²) in [5.41, 5.74) is 4.13. The number of ether oxygens (including phenoxy) is 1. The van der Waals surface area contributed by atoms with Crippen LogP contribution in [0.25, 0.3) is 11.6 Å². The Morgan fingerprint density at radius 1 is 1.25 bits per heavy atom. The minimum absolute atomic E-state index is 0.122. The summed E-state index contributed by atoms with van der Waals surface area (Å²) in [7, 11) is 0. The number of carbonyl (C=O) groups is 2. The van der Waals surface area contributed by atoms with E-state index >= 15 is 0 Å². The van der Waals surface area contributed by atoms with Crippen LogP contribution in [0.1, 0.15) is 46.6 Å². The van der Waals surface area contributed by atoms with Crippen LogP contribution in [-0.2, 0) is 22.5 Å². The molecule has 2 N–H and O–H groups in total. The van der Waals surface area contributed by atoms with Gasteiger partial charge in [0.25, 0.3) is 0 Å². The van der Waals surface area contributed by atoms with Crippen LogP contribution >= 0.6 is 22.9 Å². The average Bonchev–Trinajstić information content (AvgIpc) is 3.39. The zero-order chi connectivity index (χ0) is 25.8. The zero-order valence-electron chi connectivity index (χ0n) is 19.7. The standard InChI is InChI=1S/C26H24ClN3O5S/c1-3-10-35-25(33)19-12-17(8-9-20(19)27)29-22(31)14-30-24(32)21(36-26(30)34)11-16-13-28-23-15(4-2)6-5-7-18(16)23/h5-9,11-13,32H,3-4,10,14H2,1-2H3,(H,29,31). The predicted molar refractivity (Wildman–Crippen MR) is 143 cm³/mol. The van der Waals surface area contributed by atoms with Crippen LogP contribution in [0.2, 0.25) is 5.02 Å². The van der Waals surface area contributed by atoms with E-state index in [4.69, 9.17) is 16.3 Å². The van der Waals surface area contributed by atoms with Crippen LogP contribution in [-0.4, -0.2) is 34.4 Å². The molecule has 0 unspecified atom stereocenters. The lowest BCUT2D eigenvalue weighted by Crippen LogP contribution is -2.24. The molecule has 36 heavy (non-hydrogen) atoms. The quantitative estimate of drug-likeness (QED) is 0.388. The molecule has 1 amide bonds. The number of aliphatic imine (C=N–C) groups is 1. The Hall–Kier alpha value is -3.69. The number of rotatable bonds is 8. The second-order valence-electron chi connectivity index (χ2n) is 8.05. The van der Waals surface area contributed by atoms with Crippen LogP contribution < -0.4 is 10.2 Å². The molecule has 0 bridgehead atoms. The van der Waals surface area contributed by atoms with Gasteiger partial charge in [0.2, 0.25) is 11.8 Å². The molecular weight excluding hydrogens is 502 g/mol. The molecule has 4 rings (SSSR count). The normalized spacial score (nSPS) is 13.1. The van der Waals surface area contributed by atoms with Gasteiger partial charge in [-0.05, 0) is 42.7 Å². The maximum absolute atomic E-state index is 12.6. The summed E-state index contributed by atoms with van der Waals surface area (Å²) in [5, 5.41) is 13.5. The Labute approximate surface area is 216 Å². The van der Waals surface area contributed by atoms with Crippen LogP contribution in [0.5, 0.6) is 5.88 Å². The second-order valence-corrected chi connectivity index (χ2v) is 9.45. The van der Waals surface area contributed by atoms with E-state index in [1.54, 1.807) is 12.3 Å². The van der Waals surface area contributed by atoms with E-state index < -0.39 is 23.3 Å². The summed E-state index contributed by atoms with van der Waals surface area (Å²) in [6.07, 6.45) is 4.90. The van der Waals surface area contributed by atoms with Gasteiger partial charge in [-0.1, -0.05) is 55.0 Å². The topological polar surface area (TPSA) is 110 Å². The molecule has 0 atom stereocenters. The highest BCUT2D eigenvalue weighted by Gasteiger charge is 2.20. The van der Waals surface area contributed by atoms with Gasteiger partial charge < -0.3 is 15.2 Å². The van der Waals surface area contributed by atoms with Crippen LogP contribution in [0.3, 0.4) is 0 Å². The molecule has 2 heterocycles. The van der Waals surface area contributed by atoms with Gasteiger partial charge in [0, 0.05) is 23.0 Å². The van der Waals surface area contributed by atoms with E-state index in [9.17, 15) is 19.5 Å². The molecule has 10 heteroatoms. The summed E-state index contributed by atoms with van der Waals surface area (Å²) >= 11 is 6.93. The van der Waals surface area contributed by atoms with E-state index in [2.05, 4.69) is 17.2 Å². The third-order valence-electron chi connectivity index (χ3n) is 5.53. The lowest BCUT2D eigenvalue weighted by atomic mass is 10.0. The first kappa shape index (κ1) is 25.4. The molecule has 8 nitrogen and oxygen atoms in total. The molecule has 2 aromatic carbocycles. The van der Waals surface area contributed by atoms with Gasteiger partial charge in [-0.3, -0.25) is 19.1 Å². The number of aryl methyl sites for hydroxylation is 1. The molecule has 1 aliphatic rings. The van der Waals surface area contributed by atoms with Crippen molar-refractivity contribution in [2.75, 3.05) is 11.9 Å². The van der Waals surface area contributed by atoms with Gasteiger partial charge in [0.1, 0.15) is 6.54 Å². The van der Waals surface area contributed by atoms with Gasteiger partial charge in [0.05, 0.1) is 27.8 Å². The number of aromatic nitrogens is 1. The van der Waals surface area contributed by atoms with Crippen molar-refractivity contribution < 1.29 is 19.4 Å². The van der Waals surface area contributed by atoms with Gasteiger partial charge in [-0.25, -0.2) is 4.79 Å². The van der Waals surface area contributed by atoms with Crippen molar-refractivity contribution in [3.8, 4) is 5.88 Å². The number of aromatic hydroxyl groups is 1. The summed E-state index contributed by atoms with van der Waals surface area (Å²) in [4.78, 5) is 41.7. The summed E-state index contributed by atoms with van der Waals surface area (Å²) in [6.45, 7) is 3.77. The summed E-state index contributed by atoms with van der Waals surface area (Å²) in [5.74, 6) is -1.45. The highest BCUT2D eigenvalue weighted by atomic mass is 35.5. The number of benzene rings is 2. The Kier molecular flexibility index (Phi) is 7.71. The highest BCUT2D eigenvalue weighted by molar-refractivity contribution is 7.10. The number of allylic oxidation sites excluding steroid dienone is 1. The van der Waals surface area contributed by atoms with Crippen molar-refractivity contribution in [1.82, 2.24) is 4.57 Å². The van der Waals surface area contributed by atoms with Gasteiger partial charge in [-0.2, -0.15) is 0 Å². The van der Waals surface area contributed by atoms with Crippen LogP contribution in [0.15, 0.2) is 46.2 Å². The largest absolute Gasteiger partial charge is 0.493 e.